The molecule has 1 aromatic heterocycles. The number of halogens is 1. The van der Waals surface area contributed by atoms with Crippen LogP contribution < -0.4 is 4.74 Å². The molecule has 0 aliphatic carbocycles. The van der Waals surface area contributed by atoms with E-state index < -0.39 is 0 Å². The number of likely N-dealkylation sites (tertiary alicyclic amines) is 1. The number of H-pyrrole nitrogens is 1. The van der Waals surface area contributed by atoms with Crippen molar-refractivity contribution in [3.8, 4) is 5.75 Å². The third-order valence-corrected chi connectivity index (χ3v) is 5.51. The standard InChI is InChI=1S/C22H23ClN2O2/c1-15-2-5-19(6-3-15)27-14-22(26)25-10-8-16(9-11-25)21-13-17-12-18(23)4-7-20(17)24-21/h2-7,12-13,16,24H,8-11,14H2,1H3. The second-order valence-corrected chi connectivity index (χ2v) is 7.65. The van der Waals surface area contributed by atoms with Crippen molar-refractivity contribution in [2.75, 3.05) is 19.7 Å². The van der Waals surface area contributed by atoms with Crippen LogP contribution in [0.2, 0.25) is 5.02 Å². The Labute approximate surface area is 164 Å². The number of aryl methyl sites for hydroxylation is 1. The first-order chi connectivity index (χ1) is 13.1. The molecule has 3 aromatic rings. The summed E-state index contributed by atoms with van der Waals surface area (Å²) in [6.07, 6.45) is 1.91. The molecule has 0 spiro atoms. The minimum Gasteiger partial charge on any atom is -0.484 e. The number of piperidine rings is 1. The van der Waals surface area contributed by atoms with Crippen LogP contribution in [0.4, 0.5) is 0 Å². The van der Waals surface area contributed by atoms with Crippen molar-refractivity contribution in [3.05, 3.63) is 64.8 Å². The molecule has 2 aromatic carbocycles. The van der Waals surface area contributed by atoms with Crippen molar-refractivity contribution in [3.63, 3.8) is 0 Å². The lowest BCUT2D eigenvalue weighted by Gasteiger charge is -2.31. The maximum absolute atomic E-state index is 12.4. The number of fused-ring (bicyclic) bond motifs is 1. The van der Waals surface area contributed by atoms with Crippen molar-refractivity contribution in [1.29, 1.82) is 0 Å². The van der Waals surface area contributed by atoms with Crippen molar-refractivity contribution >= 4 is 28.4 Å². The molecule has 1 aliphatic rings. The maximum atomic E-state index is 12.4. The second kappa shape index (κ2) is 7.65. The molecule has 4 rings (SSSR count). The Bertz CT molecular complexity index is 941. The van der Waals surface area contributed by atoms with Crippen LogP contribution in [0.1, 0.15) is 30.0 Å². The van der Waals surface area contributed by atoms with Crippen LogP contribution in [0.5, 0.6) is 5.75 Å². The Hall–Kier alpha value is -2.46. The van der Waals surface area contributed by atoms with Crippen LogP contribution in [0, 0.1) is 6.92 Å². The molecule has 1 N–H and O–H groups in total. The average molecular weight is 383 g/mol. The zero-order valence-corrected chi connectivity index (χ0v) is 16.1. The van der Waals surface area contributed by atoms with E-state index in [4.69, 9.17) is 16.3 Å². The number of aromatic nitrogens is 1. The van der Waals surface area contributed by atoms with E-state index in [-0.39, 0.29) is 12.5 Å². The van der Waals surface area contributed by atoms with Gasteiger partial charge in [-0.3, -0.25) is 4.79 Å². The average Bonchev–Trinajstić information content (AvgIpc) is 3.10. The highest BCUT2D eigenvalue weighted by atomic mass is 35.5. The number of aromatic amines is 1. The number of nitrogens with zero attached hydrogens (tertiary/aromatic N) is 1. The Kier molecular flexibility index (Phi) is 5.08. The van der Waals surface area contributed by atoms with Crippen LogP contribution in [0.3, 0.4) is 0 Å². The van der Waals surface area contributed by atoms with Gasteiger partial charge in [0.2, 0.25) is 0 Å². The molecule has 5 heteroatoms. The fourth-order valence-corrected chi connectivity index (χ4v) is 3.84. The molecular weight excluding hydrogens is 360 g/mol. The summed E-state index contributed by atoms with van der Waals surface area (Å²) in [5.41, 5.74) is 3.52. The lowest BCUT2D eigenvalue weighted by atomic mass is 9.93. The molecule has 1 saturated heterocycles. The molecule has 0 bridgehead atoms. The number of carbonyl (C=O) groups excluding carboxylic acids is 1. The Balaban J connectivity index is 1.32. The van der Waals surface area contributed by atoms with E-state index in [9.17, 15) is 4.79 Å². The molecular formula is C22H23ClN2O2. The molecule has 0 radical (unpaired) electrons. The highest BCUT2D eigenvalue weighted by Crippen LogP contribution is 2.31. The number of hydrogen-bond acceptors (Lipinski definition) is 2. The molecule has 1 aliphatic heterocycles. The summed E-state index contributed by atoms with van der Waals surface area (Å²) >= 11 is 6.08. The summed E-state index contributed by atoms with van der Waals surface area (Å²) in [5.74, 6) is 1.23. The number of benzene rings is 2. The molecule has 27 heavy (non-hydrogen) atoms. The van der Waals surface area contributed by atoms with E-state index in [0.29, 0.717) is 5.92 Å². The molecule has 2 heterocycles. The van der Waals surface area contributed by atoms with Crippen molar-refractivity contribution < 1.29 is 9.53 Å². The van der Waals surface area contributed by atoms with Gasteiger partial charge in [0.1, 0.15) is 5.75 Å². The van der Waals surface area contributed by atoms with Crippen LogP contribution in [-0.2, 0) is 4.79 Å². The van der Waals surface area contributed by atoms with Crippen molar-refractivity contribution in [1.82, 2.24) is 9.88 Å². The first-order valence-electron chi connectivity index (χ1n) is 9.34. The predicted octanol–water partition coefficient (Wildman–Crippen LogP) is 4.91. The first-order valence-corrected chi connectivity index (χ1v) is 9.72. The topological polar surface area (TPSA) is 45.3 Å². The van der Waals surface area contributed by atoms with Crippen LogP contribution in [-0.4, -0.2) is 35.5 Å². The van der Waals surface area contributed by atoms with Gasteiger partial charge in [0.05, 0.1) is 0 Å². The quantitative estimate of drug-likeness (QED) is 0.696. The third-order valence-electron chi connectivity index (χ3n) is 5.27. The summed E-state index contributed by atoms with van der Waals surface area (Å²) in [6.45, 7) is 3.65. The molecule has 140 valence electrons. The highest BCUT2D eigenvalue weighted by molar-refractivity contribution is 6.31. The minimum absolute atomic E-state index is 0.0532. The molecule has 0 unspecified atom stereocenters. The van der Waals surface area contributed by atoms with Gasteiger partial charge in [0.15, 0.2) is 6.61 Å². The van der Waals surface area contributed by atoms with E-state index in [1.54, 1.807) is 0 Å². The normalized spacial score (nSPS) is 15.3. The molecule has 1 fully saturated rings. The van der Waals surface area contributed by atoms with Crippen LogP contribution in [0.25, 0.3) is 10.9 Å². The Morgan fingerprint density at radius 1 is 1.15 bits per heavy atom. The maximum Gasteiger partial charge on any atom is 0.260 e. The number of ether oxygens (including phenoxy) is 1. The number of hydrogen-bond donors (Lipinski definition) is 1. The third kappa shape index (κ3) is 4.11. The predicted molar refractivity (Wildman–Crippen MR) is 109 cm³/mol. The number of nitrogens with one attached hydrogen (secondary N) is 1. The van der Waals surface area contributed by atoms with Gasteiger partial charge in [-0.1, -0.05) is 29.3 Å². The minimum atomic E-state index is 0.0532. The van der Waals surface area contributed by atoms with Gasteiger partial charge in [-0.25, -0.2) is 0 Å². The second-order valence-electron chi connectivity index (χ2n) is 7.21. The van der Waals surface area contributed by atoms with E-state index in [0.717, 1.165) is 47.6 Å². The highest BCUT2D eigenvalue weighted by Gasteiger charge is 2.25. The van der Waals surface area contributed by atoms with Crippen LogP contribution >= 0.6 is 11.6 Å². The van der Waals surface area contributed by atoms with Gasteiger partial charge in [-0.05, 0) is 56.2 Å². The summed E-state index contributed by atoms with van der Waals surface area (Å²) in [5, 5.41) is 1.89. The number of amides is 1. The van der Waals surface area contributed by atoms with E-state index >= 15 is 0 Å². The monoisotopic (exact) mass is 382 g/mol. The fourth-order valence-electron chi connectivity index (χ4n) is 3.66. The summed E-state index contributed by atoms with van der Waals surface area (Å²) < 4.78 is 5.63. The lowest BCUT2D eigenvalue weighted by molar-refractivity contribution is -0.134. The first kappa shape index (κ1) is 17.9. The molecule has 0 atom stereocenters. The molecule has 1 amide bonds. The largest absolute Gasteiger partial charge is 0.484 e. The van der Waals surface area contributed by atoms with Gasteiger partial charge in [-0.2, -0.15) is 0 Å². The zero-order valence-electron chi connectivity index (χ0n) is 15.4. The van der Waals surface area contributed by atoms with Gasteiger partial charge in [0.25, 0.3) is 5.91 Å². The van der Waals surface area contributed by atoms with Gasteiger partial charge < -0.3 is 14.6 Å². The lowest BCUT2D eigenvalue weighted by Crippen LogP contribution is -2.40. The van der Waals surface area contributed by atoms with Gasteiger partial charge in [-0.15, -0.1) is 0 Å². The summed E-state index contributed by atoms with van der Waals surface area (Å²) in [7, 11) is 0. The van der Waals surface area contributed by atoms with E-state index in [2.05, 4.69) is 11.1 Å². The number of carbonyl (C=O) groups is 1. The van der Waals surface area contributed by atoms with Crippen LogP contribution in [0.15, 0.2) is 48.5 Å². The van der Waals surface area contributed by atoms with E-state index in [1.165, 1.54) is 11.3 Å². The smallest absolute Gasteiger partial charge is 0.260 e. The molecule has 4 nitrogen and oxygen atoms in total. The Morgan fingerprint density at radius 3 is 2.63 bits per heavy atom. The summed E-state index contributed by atoms with van der Waals surface area (Å²) in [4.78, 5) is 17.8. The number of rotatable bonds is 4. The SMILES string of the molecule is Cc1ccc(OCC(=O)N2CCC(c3cc4cc(Cl)ccc4[nH]3)CC2)cc1. The fraction of sp³-hybridized carbons (Fsp3) is 0.318. The molecule has 0 saturated carbocycles. The van der Waals surface area contributed by atoms with Gasteiger partial charge >= 0.3 is 0 Å². The van der Waals surface area contributed by atoms with Crippen molar-refractivity contribution in [2.24, 2.45) is 0 Å². The van der Waals surface area contributed by atoms with Crippen molar-refractivity contribution in [2.45, 2.75) is 25.7 Å². The van der Waals surface area contributed by atoms with Gasteiger partial charge in [0, 0.05) is 40.6 Å². The summed E-state index contributed by atoms with van der Waals surface area (Å²) in [6, 6.07) is 15.9. The Morgan fingerprint density at radius 2 is 1.89 bits per heavy atom. The zero-order chi connectivity index (χ0) is 18.8. The van der Waals surface area contributed by atoms with E-state index in [1.807, 2.05) is 54.3 Å².